The highest BCUT2D eigenvalue weighted by molar-refractivity contribution is 5.84. The van der Waals surface area contributed by atoms with Crippen molar-refractivity contribution in [2.45, 2.75) is 12.0 Å². The second-order valence-electron chi connectivity index (χ2n) is 14.5. The molecule has 0 radical (unpaired) electrons. The van der Waals surface area contributed by atoms with Crippen LogP contribution in [-0.4, -0.2) is 6.10 Å². The number of hydrogen-bond acceptors (Lipinski definition) is 2. The van der Waals surface area contributed by atoms with Crippen LogP contribution in [0.2, 0.25) is 0 Å². The van der Waals surface area contributed by atoms with E-state index >= 15 is 0 Å². The molecule has 1 aliphatic carbocycles. The first kappa shape index (κ1) is 33.4. The van der Waals surface area contributed by atoms with Crippen LogP contribution in [0.3, 0.4) is 0 Å². The molecule has 2 nitrogen and oxygen atoms in total. The van der Waals surface area contributed by atoms with Crippen LogP contribution in [0.1, 0.15) is 17.0 Å². The number of anilines is 3. The number of allylic oxidation sites excluding steroid dienone is 2. The Labute approximate surface area is 329 Å². The Bertz CT molecular complexity index is 2550. The molecule has 1 heterocycles. The Morgan fingerprint density at radius 3 is 1.30 bits per heavy atom. The standard InChI is InChI=1S/C54H39NO/c1-3-11-38(12-4-1)40-21-25-42(26-22-40)44-29-33-47(34-30-44)55(48-35-31-45(32-36-48)43-27-23-41(24-28-43)39-13-5-2-6-14-39)49-16-9-15-46(37-49)50-18-10-19-52-51-17-7-8-20-53(51)56-54(50)52/h1-37,52,54H. The van der Waals surface area contributed by atoms with E-state index in [2.05, 4.69) is 229 Å². The first-order chi connectivity index (χ1) is 27.7. The Hall–Kier alpha value is -7.16. The Morgan fingerprint density at radius 2 is 0.786 bits per heavy atom. The number of hydrogen-bond donors (Lipinski definition) is 0. The fraction of sp³-hybridized carbons (Fsp3) is 0.0370. The molecule has 0 saturated heterocycles. The molecule has 8 aromatic carbocycles. The fourth-order valence-electron chi connectivity index (χ4n) is 8.18. The molecular weight excluding hydrogens is 679 g/mol. The smallest absolute Gasteiger partial charge is 0.135 e. The van der Waals surface area contributed by atoms with Crippen LogP contribution < -0.4 is 9.64 Å². The summed E-state index contributed by atoms with van der Waals surface area (Å²) in [5, 5.41) is 0. The molecule has 0 saturated carbocycles. The minimum atomic E-state index is -0.0544. The molecule has 0 N–H and O–H groups in total. The van der Waals surface area contributed by atoms with Crippen LogP contribution in [0.15, 0.2) is 224 Å². The summed E-state index contributed by atoms with van der Waals surface area (Å²) in [6.45, 7) is 0. The topological polar surface area (TPSA) is 12.5 Å². The van der Waals surface area contributed by atoms with E-state index in [0.717, 1.165) is 28.4 Å². The highest BCUT2D eigenvalue weighted by atomic mass is 16.5. The SMILES string of the molecule is C1=CC2c3ccccc3OC2C(c2cccc(N(c3ccc(-c4ccc(-c5ccccc5)cc4)cc3)c3ccc(-c4ccc(-c5ccccc5)cc4)cc3)c2)=C1. The van der Waals surface area contributed by atoms with Crippen molar-refractivity contribution in [1.29, 1.82) is 0 Å². The van der Waals surface area contributed by atoms with Crippen molar-refractivity contribution in [2.75, 3.05) is 4.90 Å². The highest BCUT2D eigenvalue weighted by Crippen LogP contribution is 2.47. The van der Waals surface area contributed by atoms with Crippen molar-refractivity contribution in [3.63, 3.8) is 0 Å². The van der Waals surface area contributed by atoms with Gasteiger partial charge in [-0.25, -0.2) is 0 Å². The summed E-state index contributed by atoms with van der Waals surface area (Å²) < 4.78 is 6.59. The Morgan fingerprint density at radius 1 is 0.357 bits per heavy atom. The quantitative estimate of drug-likeness (QED) is 0.155. The predicted molar refractivity (Wildman–Crippen MR) is 234 cm³/mol. The van der Waals surface area contributed by atoms with E-state index in [1.54, 1.807) is 0 Å². The molecule has 0 amide bonds. The van der Waals surface area contributed by atoms with Gasteiger partial charge in [0.15, 0.2) is 0 Å². The number of fused-ring (bicyclic) bond motifs is 3. The molecule has 0 bridgehead atoms. The third-order valence-electron chi connectivity index (χ3n) is 11.1. The van der Waals surface area contributed by atoms with Crippen molar-refractivity contribution in [3.8, 4) is 50.3 Å². The molecule has 266 valence electrons. The van der Waals surface area contributed by atoms with Crippen LogP contribution in [0.4, 0.5) is 17.1 Å². The summed E-state index contributed by atoms with van der Waals surface area (Å²) in [6.07, 6.45) is 6.61. The van der Waals surface area contributed by atoms with Crippen molar-refractivity contribution in [1.82, 2.24) is 0 Å². The van der Waals surface area contributed by atoms with Gasteiger partial charge in [0.1, 0.15) is 11.9 Å². The summed E-state index contributed by atoms with van der Waals surface area (Å²) in [4.78, 5) is 2.36. The van der Waals surface area contributed by atoms with Crippen LogP contribution in [0.25, 0.3) is 50.1 Å². The van der Waals surface area contributed by atoms with Crippen LogP contribution in [0.5, 0.6) is 5.75 Å². The van der Waals surface area contributed by atoms with Gasteiger partial charge < -0.3 is 9.64 Å². The second-order valence-corrected chi connectivity index (χ2v) is 14.5. The van der Waals surface area contributed by atoms with E-state index < -0.39 is 0 Å². The number of para-hydroxylation sites is 1. The van der Waals surface area contributed by atoms with E-state index in [0.29, 0.717) is 0 Å². The van der Waals surface area contributed by atoms with Crippen LogP contribution in [0, 0.1) is 0 Å². The lowest BCUT2D eigenvalue weighted by atomic mass is 9.84. The zero-order valence-corrected chi connectivity index (χ0v) is 30.9. The molecule has 2 aliphatic rings. The number of rotatable bonds is 8. The van der Waals surface area contributed by atoms with Crippen LogP contribution >= 0.6 is 0 Å². The van der Waals surface area contributed by atoms with E-state index in [-0.39, 0.29) is 12.0 Å². The molecule has 1 aliphatic heterocycles. The molecule has 10 rings (SSSR count). The zero-order chi connectivity index (χ0) is 37.3. The van der Waals surface area contributed by atoms with Crippen LogP contribution in [-0.2, 0) is 0 Å². The maximum Gasteiger partial charge on any atom is 0.135 e. The maximum atomic E-state index is 6.59. The molecule has 0 aromatic heterocycles. The molecule has 2 heteroatoms. The summed E-state index contributed by atoms with van der Waals surface area (Å²) in [7, 11) is 0. The first-order valence-corrected chi connectivity index (χ1v) is 19.3. The molecule has 56 heavy (non-hydrogen) atoms. The average molecular weight is 718 g/mol. The largest absolute Gasteiger partial charge is 0.484 e. The van der Waals surface area contributed by atoms with Gasteiger partial charge >= 0.3 is 0 Å². The minimum absolute atomic E-state index is 0.0544. The number of ether oxygens (including phenoxy) is 1. The van der Waals surface area contributed by atoms with Gasteiger partial charge in [-0.1, -0.05) is 182 Å². The van der Waals surface area contributed by atoms with Crippen molar-refractivity contribution in [3.05, 3.63) is 236 Å². The summed E-state index contributed by atoms with van der Waals surface area (Å²) in [5.74, 6) is 1.18. The average Bonchev–Trinajstić information content (AvgIpc) is 3.67. The predicted octanol–water partition coefficient (Wildman–Crippen LogP) is 14.3. The van der Waals surface area contributed by atoms with Crippen molar-refractivity contribution >= 4 is 22.6 Å². The van der Waals surface area contributed by atoms with Gasteiger partial charge in [0, 0.05) is 34.1 Å². The molecule has 2 unspecified atom stereocenters. The molecule has 0 fully saturated rings. The lowest BCUT2D eigenvalue weighted by molar-refractivity contribution is 0.278. The van der Waals surface area contributed by atoms with Gasteiger partial charge in [0.25, 0.3) is 0 Å². The molecular formula is C54H39NO. The monoisotopic (exact) mass is 717 g/mol. The minimum Gasteiger partial charge on any atom is -0.484 e. The van der Waals surface area contributed by atoms with Gasteiger partial charge in [-0.2, -0.15) is 0 Å². The van der Waals surface area contributed by atoms with E-state index in [1.807, 2.05) is 0 Å². The summed E-state index contributed by atoms with van der Waals surface area (Å²) in [5.41, 5.74) is 16.5. The lowest BCUT2D eigenvalue weighted by Gasteiger charge is -2.28. The number of benzene rings is 8. The van der Waals surface area contributed by atoms with E-state index in [1.165, 1.54) is 55.6 Å². The zero-order valence-electron chi connectivity index (χ0n) is 30.9. The Balaban J connectivity index is 0.989. The fourth-order valence-corrected chi connectivity index (χ4v) is 8.18. The summed E-state index contributed by atoms with van der Waals surface area (Å²) in [6, 6.07) is 73.9. The normalized spacial score (nSPS) is 15.3. The second kappa shape index (κ2) is 14.6. The summed E-state index contributed by atoms with van der Waals surface area (Å²) >= 11 is 0. The first-order valence-electron chi connectivity index (χ1n) is 19.3. The van der Waals surface area contributed by atoms with Gasteiger partial charge in [0.05, 0.1) is 0 Å². The van der Waals surface area contributed by atoms with E-state index in [9.17, 15) is 0 Å². The van der Waals surface area contributed by atoms with E-state index in [4.69, 9.17) is 4.74 Å². The van der Waals surface area contributed by atoms with Gasteiger partial charge in [0.2, 0.25) is 0 Å². The van der Waals surface area contributed by atoms with Gasteiger partial charge in [-0.3, -0.25) is 0 Å². The maximum absolute atomic E-state index is 6.59. The lowest BCUT2D eigenvalue weighted by Crippen LogP contribution is -2.21. The molecule has 0 spiro atoms. The third kappa shape index (κ3) is 6.42. The van der Waals surface area contributed by atoms with Gasteiger partial charge in [-0.05, 0) is 92.5 Å². The van der Waals surface area contributed by atoms with Crippen molar-refractivity contribution in [2.24, 2.45) is 0 Å². The number of nitrogens with zero attached hydrogens (tertiary/aromatic N) is 1. The Kier molecular flexibility index (Phi) is 8.70. The van der Waals surface area contributed by atoms with Gasteiger partial charge in [-0.15, -0.1) is 0 Å². The molecule has 8 aromatic rings. The molecule has 2 atom stereocenters. The van der Waals surface area contributed by atoms with Crippen molar-refractivity contribution < 1.29 is 4.74 Å². The highest BCUT2D eigenvalue weighted by Gasteiger charge is 2.36. The third-order valence-corrected chi connectivity index (χ3v) is 11.1.